The van der Waals surface area contributed by atoms with E-state index in [0.717, 1.165) is 51.3 Å². The number of aliphatic hydroxyl groups is 1. The van der Waals surface area contributed by atoms with E-state index in [1.54, 1.807) is 0 Å². The van der Waals surface area contributed by atoms with Gasteiger partial charge in [-0.3, -0.25) is 4.79 Å². The zero-order valence-electron chi connectivity index (χ0n) is 14.9. The van der Waals surface area contributed by atoms with Crippen LogP contribution in [0.1, 0.15) is 37.4 Å². The maximum atomic E-state index is 12.1. The molecule has 1 amide bonds. The van der Waals surface area contributed by atoms with Crippen molar-refractivity contribution in [1.29, 1.82) is 0 Å². The SMILES string of the molecule is CN(C)CCCn1ccnc1C1CCN(C(=O)C[C@H](O)CN)CC1. The fraction of sp³-hybridized carbons (Fsp3) is 0.765. The van der Waals surface area contributed by atoms with Crippen LogP contribution < -0.4 is 5.73 Å². The number of amides is 1. The van der Waals surface area contributed by atoms with Crippen LogP contribution in [0, 0.1) is 0 Å². The molecule has 1 aliphatic rings. The topological polar surface area (TPSA) is 87.6 Å². The zero-order chi connectivity index (χ0) is 17.5. The van der Waals surface area contributed by atoms with Crippen LogP contribution in [0.5, 0.6) is 0 Å². The number of nitrogens with two attached hydrogens (primary N) is 1. The van der Waals surface area contributed by atoms with Crippen LogP contribution in [-0.4, -0.2) is 76.7 Å². The van der Waals surface area contributed by atoms with E-state index in [9.17, 15) is 9.90 Å². The van der Waals surface area contributed by atoms with Gasteiger partial charge in [0.05, 0.1) is 12.5 Å². The molecule has 136 valence electrons. The van der Waals surface area contributed by atoms with E-state index >= 15 is 0 Å². The van der Waals surface area contributed by atoms with Gasteiger partial charge in [-0.1, -0.05) is 0 Å². The van der Waals surface area contributed by atoms with Crippen LogP contribution in [0.2, 0.25) is 0 Å². The summed E-state index contributed by atoms with van der Waals surface area (Å²) in [6.07, 6.45) is 6.28. The number of piperidine rings is 1. The highest BCUT2D eigenvalue weighted by atomic mass is 16.3. The Balaban J connectivity index is 1.84. The van der Waals surface area contributed by atoms with Gasteiger partial charge in [-0.2, -0.15) is 0 Å². The number of carbonyl (C=O) groups is 1. The second-order valence-corrected chi connectivity index (χ2v) is 6.88. The Morgan fingerprint density at radius 1 is 1.46 bits per heavy atom. The molecule has 7 heteroatoms. The fourth-order valence-electron chi connectivity index (χ4n) is 3.23. The van der Waals surface area contributed by atoms with Gasteiger partial charge in [-0.15, -0.1) is 0 Å². The summed E-state index contributed by atoms with van der Waals surface area (Å²) in [5.41, 5.74) is 5.38. The van der Waals surface area contributed by atoms with Crippen molar-refractivity contribution in [1.82, 2.24) is 19.4 Å². The zero-order valence-corrected chi connectivity index (χ0v) is 14.9. The third-order valence-electron chi connectivity index (χ3n) is 4.65. The Labute approximate surface area is 144 Å². The Bertz CT molecular complexity index is 509. The number of nitrogens with zero attached hydrogens (tertiary/aromatic N) is 4. The number of carbonyl (C=O) groups excluding carboxylic acids is 1. The van der Waals surface area contributed by atoms with Crippen molar-refractivity contribution in [2.45, 2.75) is 44.2 Å². The van der Waals surface area contributed by atoms with E-state index in [1.165, 1.54) is 0 Å². The number of aryl methyl sites for hydroxylation is 1. The van der Waals surface area contributed by atoms with Gasteiger partial charge < -0.3 is 25.2 Å². The molecule has 0 spiro atoms. The number of aromatic nitrogens is 2. The molecule has 0 unspecified atom stereocenters. The molecule has 1 aromatic heterocycles. The third-order valence-corrected chi connectivity index (χ3v) is 4.65. The third kappa shape index (κ3) is 5.29. The van der Waals surface area contributed by atoms with Crippen LogP contribution in [-0.2, 0) is 11.3 Å². The van der Waals surface area contributed by atoms with Crippen molar-refractivity contribution >= 4 is 5.91 Å². The predicted octanol–water partition coefficient (Wildman–Crippen LogP) is 0.251. The molecule has 1 saturated heterocycles. The average molecular weight is 337 g/mol. The van der Waals surface area contributed by atoms with Crippen molar-refractivity contribution in [3.63, 3.8) is 0 Å². The maximum absolute atomic E-state index is 12.1. The lowest BCUT2D eigenvalue weighted by Crippen LogP contribution is -2.40. The highest BCUT2D eigenvalue weighted by Gasteiger charge is 2.27. The van der Waals surface area contributed by atoms with Crippen molar-refractivity contribution in [2.75, 3.05) is 40.3 Å². The minimum absolute atomic E-state index is 0.000671. The van der Waals surface area contributed by atoms with Gasteiger partial charge in [0.1, 0.15) is 5.82 Å². The maximum Gasteiger partial charge on any atom is 0.225 e. The molecule has 7 nitrogen and oxygen atoms in total. The Hall–Kier alpha value is -1.44. The molecule has 0 radical (unpaired) electrons. The van der Waals surface area contributed by atoms with Gasteiger partial charge in [0.25, 0.3) is 0 Å². The van der Waals surface area contributed by atoms with Gasteiger partial charge in [0.2, 0.25) is 5.91 Å². The molecule has 1 aliphatic heterocycles. The average Bonchev–Trinajstić information content (AvgIpc) is 3.03. The monoisotopic (exact) mass is 337 g/mol. The van der Waals surface area contributed by atoms with E-state index in [2.05, 4.69) is 34.7 Å². The first-order valence-corrected chi connectivity index (χ1v) is 8.83. The molecule has 0 saturated carbocycles. The van der Waals surface area contributed by atoms with Crippen molar-refractivity contribution in [3.8, 4) is 0 Å². The lowest BCUT2D eigenvalue weighted by atomic mass is 9.95. The number of hydrogen-bond donors (Lipinski definition) is 2. The van der Waals surface area contributed by atoms with Crippen LogP contribution in [0.15, 0.2) is 12.4 Å². The summed E-state index contributed by atoms with van der Waals surface area (Å²) in [4.78, 5) is 20.7. The quantitative estimate of drug-likeness (QED) is 0.710. The molecule has 3 N–H and O–H groups in total. The molecule has 0 bridgehead atoms. The number of aliphatic hydroxyl groups excluding tert-OH is 1. The lowest BCUT2D eigenvalue weighted by molar-refractivity contribution is -0.134. The predicted molar refractivity (Wildman–Crippen MR) is 93.6 cm³/mol. The molecule has 1 fully saturated rings. The number of hydrogen-bond acceptors (Lipinski definition) is 5. The van der Waals surface area contributed by atoms with Crippen LogP contribution in [0.3, 0.4) is 0 Å². The molecule has 24 heavy (non-hydrogen) atoms. The minimum Gasteiger partial charge on any atom is -0.391 e. The molecule has 0 aromatic carbocycles. The molecular formula is C17H31N5O2. The Morgan fingerprint density at radius 3 is 2.79 bits per heavy atom. The minimum atomic E-state index is -0.731. The summed E-state index contributed by atoms with van der Waals surface area (Å²) in [6, 6.07) is 0. The van der Waals surface area contributed by atoms with E-state index in [-0.39, 0.29) is 18.9 Å². The standard InChI is InChI=1S/C17H31N5O2/c1-20(2)7-3-8-22-11-6-19-17(22)14-4-9-21(10-5-14)16(24)12-15(23)13-18/h6,11,14-15,23H,3-5,7-10,12-13,18H2,1-2H3/t15-/m0/s1. The second-order valence-electron chi connectivity index (χ2n) is 6.88. The highest BCUT2D eigenvalue weighted by molar-refractivity contribution is 5.76. The summed E-state index contributed by atoms with van der Waals surface area (Å²) in [5, 5.41) is 9.53. The van der Waals surface area contributed by atoms with Gasteiger partial charge in [0, 0.05) is 44.5 Å². The summed E-state index contributed by atoms with van der Waals surface area (Å²) in [5.74, 6) is 1.55. The highest BCUT2D eigenvalue weighted by Crippen LogP contribution is 2.27. The van der Waals surface area contributed by atoms with Crippen molar-refractivity contribution in [2.24, 2.45) is 5.73 Å². The number of rotatable bonds is 8. The Kier molecular flexibility index (Phi) is 7.20. The first-order valence-electron chi connectivity index (χ1n) is 8.83. The van der Waals surface area contributed by atoms with Gasteiger partial charge in [-0.25, -0.2) is 4.98 Å². The van der Waals surface area contributed by atoms with E-state index in [0.29, 0.717) is 5.92 Å². The summed E-state index contributed by atoms with van der Waals surface area (Å²) >= 11 is 0. The largest absolute Gasteiger partial charge is 0.391 e. The molecule has 2 rings (SSSR count). The van der Waals surface area contributed by atoms with Crippen LogP contribution in [0.4, 0.5) is 0 Å². The smallest absolute Gasteiger partial charge is 0.225 e. The van der Waals surface area contributed by atoms with Crippen molar-refractivity contribution < 1.29 is 9.90 Å². The molecular weight excluding hydrogens is 306 g/mol. The summed E-state index contributed by atoms with van der Waals surface area (Å²) < 4.78 is 2.25. The van der Waals surface area contributed by atoms with E-state index in [4.69, 9.17) is 5.73 Å². The number of likely N-dealkylation sites (tertiary alicyclic amines) is 1. The number of imidazole rings is 1. The van der Waals surface area contributed by atoms with Gasteiger partial charge in [0.15, 0.2) is 0 Å². The first-order chi connectivity index (χ1) is 11.5. The molecule has 2 heterocycles. The molecule has 1 aromatic rings. The van der Waals surface area contributed by atoms with E-state index in [1.807, 2.05) is 11.1 Å². The Morgan fingerprint density at radius 2 is 2.17 bits per heavy atom. The van der Waals surface area contributed by atoms with Gasteiger partial charge >= 0.3 is 0 Å². The summed E-state index contributed by atoms with van der Waals surface area (Å²) in [6.45, 7) is 3.63. The fourth-order valence-corrected chi connectivity index (χ4v) is 3.23. The summed E-state index contributed by atoms with van der Waals surface area (Å²) in [7, 11) is 4.17. The van der Waals surface area contributed by atoms with E-state index < -0.39 is 6.10 Å². The van der Waals surface area contributed by atoms with Crippen LogP contribution in [0.25, 0.3) is 0 Å². The lowest BCUT2D eigenvalue weighted by Gasteiger charge is -2.32. The van der Waals surface area contributed by atoms with Crippen LogP contribution >= 0.6 is 0 Å². The normalized spacial score (nSPS) is 17.5. The first kappa shape index (κ1) is 18.9. The van der Waals surface area contributed by atoms with Crippen molar-refractivity contribution in [3.05, 3.63) is 18.2 Å². The molecule has 0 aliphatic carbocycles. The molecule has 1 atom stereocenters. The van der Waals surface area contributed by atoms with Gasteiger partial charge in [-0.05, 0) is 39.9 Å². The second kappa shape index (κ2) is 9.15.